The Morgan fingerprint density at radius 2 is 1.68 bits per heavy atom. The highest BCUT2D eigenvalue weighted by atomic mass is 35.5. The van der Waals surface area contributed by atoms with E-state index >= 15 is 0 Å². The average molecular weight is 439 g/mol. The summed E-state index contributed by atoms with van der Waals surface area (Å²) in [6.07, 6.45) is 0.180. The van der Waals surface area contributed by atoms with Crippen molar-refractivity contribution in [2.24, 2.45) is 0 Å². The Morgan fingerprint density at radius 3 is 2.26 bits per heavy atom. The van der Waals surface area contributed by atoms with Gasteiger partial charge in [0.05, 0.1) is 17.0 Å². The molecule has 158 valence electrons. The molecule has 0 unspecified atom stereocenters. The molecule has 0 saturated heterocycles. The van der Waals surface area contributed by atoms with Crippen LogP contribution in [0.2, 0.25) is 5.02 Å². The fourth-order valence-electron chi connectivity index (χ4n) is 3.42. The zero-order valence-electron chi connectivity index (χ0n) is 16.6. The van der Waals surface area contributed by atoms with Gasteiger partial charge in [-0.25, -0.2) is 4.79 Å². The molecule has 0 aliphatic heterocycles. The molecule has 1 N–H and O–H groups in total. The summed E-state index contributed by atoms with van der Waals surface area (Å²) < 4.78 is 0. The van der Waals surface area contributed by atoms with Crippen LogP contribution in [-0.2, 0) is 13.0 Å². The Bertz CT molecular complexity index is 1150. The van der Waals surface area contributed by atoms with Gasteiger partial charge in [-0.15, -0.1) is 0 Å². The fraction of sp³-hybridized carbons (Fsp3) is 0.130. The van der Waals surface area contributed by atoms with Crippen molar-refractivity contribution in [2.75, 3.05) is 4.90 Å². The molecule has 1 amide bonds. The standard InChI is InChI=1S/C23H19ClN2O5/c1-2-17-18(23(28)29)12-13-20(26(30)31)21(17)25(14-16-10-6-7-11-19(16)24)22(27)15-8-4-3-5-9-15/h3-13H,2,14H2,1H3,(H,28,29). The number of aromatic carboxylic acids is 1. The van der Waals surface area contributed by atoms with Gasteiger partial charge in [0.2, 0.25) is 0 Å². The molecule has 31 heavy (non-hydrogen) atoms. The van der Waals surface area contributed by atoms with E-state index in [1.807, 2.05) is 0 Å². The number of carboxylic acid groups (broad SMARTS) is 1. The third-order valence-electron chi connectivity index (χ3n) is 4.86. The van der Waals surface area contributed by atoms with E-state index in [0.717, 1.165) is 6.07 Å². The van der Waals surface area contributed by atoms with E-state index in [1.165, 1.54) is 11.0 Å². The van der Waals surface area contributed by atoms with Crippen LogP contribution in [0.1, 0.15) is 38.8 Å². The highest BCUT2D eigenvalue weighted by Gasteiger charge is 2.31. The summed E-state index contributed by atoms with van der Waals surface area (Å²) in [7, 11) is 0. The van der Waals surface area contributed by atoms with Gasteiger partial charge >= 0.3 is 5.97 Å². The molecule has 0 radical (unpaired) electrons. The zero-order valence-corrected chi connectivity index (χ0v) is 17.4. The van der Waals surface area contributed by atoms with Crippen molar-refractivity contribution in [1.29, 1.82) is 0 Å². The van der Waals surface area contributed by atoms with E-state index in [2.05, 4.69) is 0 Å². The number of rotatable bonds is 7. The number of hydrogen-bond acceptors (Lipinski definition) is 4. The van der Waals surface area contributed by atoms with Crippen LogP contribution in [0.3, 0.4) is 0 Å². The van der Waals surface area contributed by atoms with Crippen LogP contribution >= 0.6 is 11.6 Å². The second-order valence-corrected chi connectivity index (χ2v) is 7.13. The smallest absolute Gasteiger partial charge is 0.336 e. The number of carbonyl (C=O) groups excluding carboxylic acids is 1. The Kier molecular flexibility index (Phi) is 6.67. The van der Waals surface area contributed by atoms with Crippen molar-refractivity contribution in [3.8, 4) is 0 Å². The number of halogens is 1. The molecule has 3 rings (SSSR count). The highest BCUT2D eigenvalue weighted by molar-refractivity contribution is 6.31. The normalized spacial score (nSPS) is 10.5. The molecule has 0 bridgehead atoms. The quantitative estimate of drug-likeness (QED) is 0.395. The predicted octanol–water partition coefficient (Wildman–Crippen LogP) is 5.36. The number of carboxylic acids is 1. The summed E-state index contributed by atoms with van der Waals surface area (Å²) in [5, 5.41) is 21.9. The molecule has 0 fully saturated rings. The highest BCUT2D eigenvalue weighted by Crippen LogP contribution is 2.37. The van der Waals surface area contributed by atoms with Crippen LogP contribution in [0.15, 0.2) is 66.7 Å². The first kappa shape index (κ1) is 22.0. The van der Waals surface area contributed by atoms with E-state index in [0.29, 0.717) is 16.1 Å². The lowest BCUT2D eigenvalue weighted by Crippen LogP contribution is -2.32. The molecule has 3 aromatic rings. The van der Waals surface area contributed by atoms with Crippen molar-refractivity contribution in [3.05, 3.63) is 104 Å². The first-order chi connectivity index (χ1) is 14.8. The Balaban J connectivity index is 2.29. The van der Waals surface area contributed by atoms with Gasteiger partial charge in [0.1, 0.15) is 5.69 Å². The summed E-state index contributed by atoms with van der Waals surface area (Å²) in [6.45, 7) is 1.62. The van der Waals surface area contributed by atoms with Crippen molar-refractivity contribution < 1.29 is 19.6 Å². The van der Waals surface area contributed by atoms with Crippen LogP contribution < -0.4 is 4.90 Å². The van der Waals surface area contributed by atoms with Crippen LogP contribution in [0.4, 0.5) is 11.4 Å². The summed E-state index contributed by atoms with van der Waals surface area (Å²) in [5.74, 6) is -1.72. The molecule has 0 aromatic heterocycles. The Labute approximate surface area is 183 Å². The van der Waals surface area contributed by atoms with Crippen molar-refractivity contribution >= 4 is 34.9 Å². The molecule has 0 saturated carbocycles. The van der Waals surface area contributed by atoms with E-state index in [1.54, 1.807) is 61.5 Å². The molecule has 0 spiro atoms. The van der Waals surface area contributed by atoms with Crippen LogP contribution in [0.25, 0.3) is 0 Å². The van der Waals surface area contributed by atoms with Crippen LogP contribution in [-0.4, -0.2) is 21.9 Å². The topological polar surface area (TPSA) is 101 Å². The number of nitrogens with zero attached hydrogens (tertiary/aromatic N) is 2. The summed E-state index contributed by atoms with van der Waals surface area (Å²) in [6, 6.07) is 17.5. The Hall–Kier alpha value is -3.71. The molecule has 0 aliphatic rings. The predicted molar refractivity (Wildman–Crippen MR) is 118 cm³/mol. The number of hydrogen-bond donors (Lipinski definition) is 1. The van der Waals surface area contributed by atoms with E-state index in [4.69, 9.17) is 11.6 Å². The molecular formula is C23H19ClN2O5. The minimum absolute atomic E-state index is 0.0406. The summed E-state index contributed by atoms with van der Waals surface area (Å²) in [5.41, 5.74) is 0.614. The number of anilines is 1. The molecule has 0 atom stereocenters. The summed E-state index contributed by atoms with van der Waals surface area (Å²) >= 11 is 6.30. The molecule has 0 aliphatic carbocycles. The maximum atomic E-state index is 13.5. The molecule has 8 heteroatoms. The Morgan fingerprint density at radius 1 is 1.03 bits per heavy atom. The van der Waals surface area contributed by atoms with Crippen molar-refractivity contribution in [2.45, 2.75) is 19.9 Å². The maximum absolute atomic E-state index is 13.5. The third kappa shape index (κ3) is 4.57. The van der Waals surface area contributed by atoms with Crippen molar-refractivity contribution in [1.82, 2.24) is 0 Å². The largest absolute Gasteiger partial charge is 0.478 e. The number of nitro groups is 1. The monoisotopic (exact) mass is 438 g/mol. The minimum atomic E-state index is -1.22. The van der Waals surface area contributed by atoms with Crippen molar-refractivity contribution in [3.63, 3.8) is 0 Å². The SMILES string of the molecule is CCc1c(C(=O)O)ccc([N+](=O)[O-])c1N(Cc1ccccc1Cl)C(=O)c1ccccc1. The second-order valence-electron chi connectivity index (χ2n) is 6.72. The van der Waals surface area contributed by atoms with E-state index in [-0.39, 0.29) is 35.5 Å². The van der Waals surface area contributed by atoms with E-state index in [9.17, 15) is 24.8 Å². The van der Waals surface area contributed by atoms with Gasteiger partial charge in [0.25, 0.3) is 11.6 Å². The van der Waals surface area contributed by atoms with Gasteiger partial charge in [-0.1, -0.05) is 54.9 Å². The lowest BCUT2D eigenvalue weighted by atomic mass is 9.99. The summed E-state index contributed by atoms with van der Waals surface area (Å²) in [4.78, 5) is 37.8. The molecule has 0 heterocycles. The number of amides is 1. The maximum Gasteiger partial charge on any atom is 0.336 e. The third-order valence-corrected chi connectivity index (χ3v) is 5.23. The second kappa shape index (κ2) is 9.40. The first-order valence-corrected chi connectivity index (χ1v) is 9.86. The molecular weight excluding hydrogens is 420 g/mol. The lowest BCUT2D eigenvalue weighted by Gasteiger charge is -2.26. The van der Waals surface area contributed by atoms with Crippen LogP contribution in [0.5, 0.6) is 0 Å². The zero-order chi connectivity index (χ0) is 22.5. The molecule has 3 aromatic carbocycles. The fourth-order valence-corrected chi connectivity index (χ4v) is 3.61. The van der Waals surface area contributed by atoms with Gasteiger partial charge in [-0.2, -0.15) is 0 Å². The molecule has 7 nitrogen and oxygen atoms in total. The number of benzene rings is 3. The van der Waals surface area contributed by atoms with Crippen LogP contribution in [0, 0.1) is 10.1 Å². The van der Waals surface area contributed by atoms with Gasteiger partial charge in [0.15, 0.2) is 0 Å². The number of nitro benzene ring substituents is 1. The van der Waals surface area contributed by atoms with Gasteiger partial charge in [0, 0.05) is 16.7 Å². The lowest BCUT2D eigenvalue weighted by molar-refractivity contribution is -0.384. The van der Waals surface area contributed by atoms with Gasteiger partial charge in [-0.05, 0) is 41.8 Å². The van der Waals surface area contributed by atoms with Gasteiger partial charge < -0.3 is 5.11 Å². The van der Waals surface area contributed by atoms with Gasteiger partial charge in [-0.3, -0.25) is 19.8 Å². The minimum Gasteiger partial charge on any atom is -0.478 e. The first-order valence-electron chi connectivity index (χ1n) is 9.49. The number of carbonyl (C=O) groups is 2. The average Bonchev–Trinajstić information content (AvgIpc) is 2.77. The van der Waals surface area contributed by atoms with E-state index < -0.39 is 16.8 Å².